The third-order valence-corrected chi connectivity index (χ3v) is 1.54. The normalized spacial score (nSPS) is 9.92. The maximum absolute atomic E-state index is 12.8. The number of carbonyl (C=O) groups excluding carboxylic acids is 1. The molecule has 12 heavy (non-hydrogen) atoms. The van der Waals surface area contributed by atoms with Gasteiger partial charge in [0.2, 0.25) is 0 Å². The molecule has 0 bridgehead atoms. The zero-order valence-electron chi connectivity index (χ0n) is 6.18. The number of halogens is 2. The second-order valence-electron chi connectivity index (χ2n) is 2.26. The first-order chi connectivity index (χ1) is 5.70. The Balaban J connectivity index is 3.29. The number of aldehydes is 1. The Labute approximate surface area is 68.0 Å². The molecule has 0 aliphatic carbocycles. The number of nitrogens with two attached hydrogens (primary N) is 1. The minimum absolute atomic E-state index is 0.0677. The molecule has 2 nitrogen and oxygen atoms in total. The summed E-state index contributed by atoms with van der Waals surface area (Å²) in [4.78, 5) is 10.1. The maximum atomic E-state index is 12.8. The van der Waals surface area contributed by atoms with Crippen molar-refractivity contribution in [2.24, 2.45) is 5.73 Å². The molecule has 0 atom stereocenters. The number of carbonyl (C=O) groups is 1. The topological polar surface area (TPSA) is 43.1 Å². The third kappa shape index (κ3) is 1.33. The van der Waals surface area contributed by atoms with Gasteiger partial charge in [0, 0.05) is 12.1 Å². The average molecular weight is 171 g/mol. The van der Waals surface area contributed by atoms with Gasteiger partial charge >= 0.3 is 0 Å². The van der Waals surface area contributed by atoms with E-state index in [0.29, 0.717) is 0 Å². The van der Waals surface area contributed by atoms with E-state index in [4.69, 9.17) is 5.73 Å². The second-order valence-corrected chi connectivity index (χ2v) is 2.26. The smallest absolute Gasteiger partial charge is 0.169 e. The lowest BCUT2D eigenvalue weighted by Gasteiger charge is -2.01. The summed E-state index contributed by atoms with van der Waals surface area (Å²) in [7, 11) is 0. The van der Waals surface area contributed by atoms with Crippen molar-refractivity contribution >= 4 is 6.29 Å². The van der Waals surface area contributed by atoms with Crippen molar-refractivity contribution in [1.82, 2.24) is 0 Å². The first-order valence-electron chi connectivity index (χ1n) is 3.32. The molecular formula is C8H7F2NO. The van der Waals surface area contributed by atoms with E-state index in [2.05, 4.69) is 0 Å². The minimum Gasteiger partial charge on any atom is -0.326 e. The molecule has 4 heteroatoms. The molecule has 1 rings (SSSR count). The summed E-state index contributed by atoms with van der Waals surface area (Å²) < 4.78 is 25.6. The van der Waals surface area contributed by atoms with Crippen LogP contribution >= 0.6 is 0 Å². The van der Waals surface area contributed by atoms with Crippen LogP contribution in [-0.2, 0) is 6.54 Å². The second kappa shape index (κ2) is 3.40. The summed E-state index contributed by atoms with van der Waals surface area (Å²) in [6.45, 7) is -0.0815. The summed E-state index contributed by atoms with van der Waals surface area (Å²) in [6, 6.07) is 2.50. The summed E-state index contributed by atoms with van der Waals surface area (Å²) in [5.41, 5.74) is 4.90. The largest absolute Gasteiger partial charge is 0.326 e. The first-order valence-corrected chi connectivity index (χ1v) is 3.32. The van der Waals surface area contributed by atoms with E-state index in [9.17, 15) is 13.6 Å². The molecule has 1 aromatic rings. The van der Waals surface area contributed by atoms with E-state index >= 15 is 0 Å². The molecule has 0 spiro atoms. The molecule has 0 aliphatic rings. The molecule has 2 N–H and O–H groups in total. The van der Waals surface area contributed by atoms with Gasteiger partial charge in [-0.2, -0.15) is 0 Å². The zero-order chi connectivity index (χ0) is 9.14. The van der Waals surface area contributed by atoms with Crippen molar-refractivity contribution in [3.63, 3.8) is 0 Å². The van der Waals surface area contributed by atoms with Gasteiger partial charge in [0.05, 0.1) is 5.56 Å². The predicted molar refractivity (Wildman–Crippen MR) is 39.6 cm³/mol. The van der Waals surface area contributed by atoms with E-state index in [1.807, 2.05) is 0 Å². The Morgan fingerprint density at radius 1 is 1.33 bits per heavy atom. The van der Waals surface area contributed by atoms with E-state index in [1.54, 1.807) is 0 Å². The van der Waals surface area contributed by atoms with Gasteiger partial charge in [0.1, 0.15) is 0 Å². The van der Waals surface area contributed by atoms with Gasteiger partial charge in [-0.15, -0.1) is 0 Å². The molecular weight excluding hydrogens is 164 g/mol. The van der Waals surface area contributed by atoms with Crippen LogP contribution in [0.3, 0.4) is 0 Å². The third-order valence-electron chi connectivity index (χ3n) is 1.54. The van der Waals surface area contributed by atoms with Crippen molar-refractivity contribution in [2.75, 3.05) is 0 Å². The Bertz CT molecular complexity index is 312. The van der Waals surface area contributed by atoms with Gasteiger partial charge in [-0.05, 0) is 6.07 Å². The molecule has 0 fully saturated rings. The highest BCUT2D eigenvalue weighted by Gasteiger charge is 2.10. The van der Waals surface area contributed by atoms with E-state index in [0.717, 1.165) is 0 Å². The molecule has 0 saturated carbocycles. The fourth-order valence-electron chi connectivity index (χ4n) is 0.853. The van der Waals surface area contributed by atoms with Crippen LogP contribution in [0, 0.1) is 11.6 Å². The van der Waals surface area contributed by atoms with Crippen molar-refractivity contribution < 1.29 is 13.6 Å². The van der Waals surface area contributed by atoms with Crippen LogP contribution in [0.15, 0.2) is 12.1 Å². The quantitative estimate of drug-likeness (QED) is 0.680. The zero-order valence-corrected chi connectivity index (χ0v) is 6.18. The molecule has 1 aromatic carbocycles. The van der Waals surface area contributed by atoms with Crippen molar-refractivity contribution in [1.29, 1.82) is 0 Å². The molecule has 0 unspecified atom stereocenters. The number of benzene rings is 1. The number of rotatable bonds is 2. The first kappa shape index (κ1) is 8.80. The van der Waals surface area contributed by atoms with Gasteiger partial charge < -0.3 is 5.73 Å². The fourth-order valence-corrected chi connectivity index (χ4v) is 0.853. The van der Waals surface area contributed by atoms with Gasteiger partial charge in [-0.25, -0.2) is 8.78 Å². The average Bonchev–Trinajstić information content (AvgIpc) is 2.10. The molecule has 0 amide bonds. The van der Waals surface area contributed by atoms with Crippen LogP contribution in [0.4, 0.5) is 8.78 Å². The van der Waals surface area contributed by atoms with E-state index in [-0.39, 0.29) is 24.0 Å². The van der Waals surface area contributed by atoms with Crippen LogP contribution in [0.1, 0.15) is 15.9 Å². The van der Waals surface area contributed by atoms with Crippen LogP contribution in [0.25, 0.3) is 0 Å². The number of hydrogen-bond donors (Lipinski definition) is 1. The van der Waals surface area contributed by atoms with Crippen LogP contribution in [0.5, 0.6) is 0 Å². The molecule has 0 radical (unpaired) electrons. The summed E-state index contributed by atoms with van der Waals surface area (Å²) >= 11 is 0. The van der Waals surface area contributed by atoms with Gasteiger partial charge in [-0.3, -0.25) is 4.79 Å². The van der Waals surface area contributed by atoms with Crippen LogP contribution in [0.2, 0.25) is 0 Å². The van der Waals surface area contributed by atoms with Crippen molar-refractivity contribution in [3.05, 3.63) is 34.9 Å². The lowest BCUT2D eigenvalue weighted by Crippen LogP contribution is -2.03. The van der Waals surface area contributed by atoms with Crippen LogP contribution in [-0.4, -0.2) is 6.29 Å². The highest BCUT2D eigenvalue weighted by atomic mass is 19.2. The highest BCUT2D eigenvalue weighted by Crippen LogP contribution is 2.14. The fraction of sp³-hybridized carbons (Fsp3) is 0.125. The summed E-state index contributed by atoms with van der Waals surface area (Å²) in [5.74, 6) is -2.17. The Morgan fingerprint density at radius 2 is 2.00 bits per heavy atom. The van der Waals surface area contributed by atoms with E-state index in [1.165, 1.54) is 12.1 Å². The Morgan fingerprint density at radius 3 is 2.50 bits per heavy atom. The molecule has 0 aliphatic heterocycles. The monoisotopic (exact) mass is 171 g/mol. The Kier molecular flexibility index (Phi) is 2.50. The summed E-state index contributed by atoms with van der Waals surface area (Å²) in [5, 5.41) is 0. The highest BCUT2D eigenvalue weighted by molar-refractivity contribution is 5.75. The standard InChI is InChI=1S/C8H7F2NO/c9-7-5(3-11)1-2-6(4-12)8(7)10/h1-2,4H,3,11H2. The van der Waals surface area contributed by atoms with E-state index < -0.39 is 11.6 Å². The molecule has 0 saturated heterocycles. The Hall–Kier alpha value is -1.29. The van der Waals surface area contributed by atoms with Gasteiger partial charge in [0.25, 0.3) is 0 Å². The predicted octanol–water partition coefficient (Wildman–Crippen LogP) is 1.24. The van der Waals surface area contributed by atoms with Gasteiger partial charge in [-0.1, -0.05) is 6.07 Å². The van der Waals surface area contributed by atoms with Crippen LogP contribution < -0.4 is 5.73 Å². The van der Waals surface area contributed by atoms with Crippen molar-refractivity contribution in [3.8, 4) is 0 Å². The summed E-state index contributed by atoms with van der Waals surface area (Å²) in [6.07, 6.45) is 0.263. The molecule has 0 aromatic heterocycles. The minimum atomic E-state index is -1.13. The molecule has 64 valence electrons. The van der Waals surface area contributed by atoms with Crippen molar-refractivity contribution in [2.45, 2.75) is 6.54 Å². The molecule has 0 heterocycles. The number of hydrogen-bond acceptors (Lipinski definition) is 2. The lowest BCUT2D eigenvalue weighted by atomic mass is 10.1. The SMILES string of the molecule is NCc1ccc(C=O)c(F)c1F. The maximum Gasteiger partial charge on any atom is 0.169 e. The van der Waals surface area contributed by atoms with Gasteiger partial charge in [0.15, 0.2) is 17.9 Å². The lowest BCUT2D eigenvalue weighted by molar-refractivity contribution is 0.111.